The Labute approximate surface area is 341 Å². The van der Waals surface area contributed by atoms with Gasteiger partial charge in [-0.3, -0.25) is 14.4 Å². The van der Waals surface area contributed by atoms with Gasteiger partial charge in [0, 0.05) is 32.7 Å². The van der Waals surface area contributed by atoms with E-state index in [9.17, 15) is 19.2 Å². The van der Waals surface area contributed by atoms with Crippen molar-refractivity contribution < 1.29 is 33.4 Å². The zero-order valence-electron chi connectivity index (χ0n) is 32.3. The summed E-state index contributed by atoms with van der Waals surface area (Å²) in [6, 6.07) is 31.3. The van der Waals surface area contributed by atoms with Crippen molar-refractivity contribution in [2.45, 2.75) is 55.6 Å². The Morgan fingerprint density at radius 2 is 1.63 bits per heavy atom. The third-order valence-electron chi connectivity index (χ3n) is 9.56. The Balaban J connectivity index is 1.20. The molecule has 0 spiro atoms. The Bertz CT molecular complexity index is 2260. The van der Waals surface area contributed by atoms with Gasteiger partial charge in [-0.2, -0.15) is 0 Å². The Morgan fingerprint density at radius 3 is 2.33 bits per heavy atom. The number of anilines is 2. The number of carbonyl (C=O) groups excluding carboxylic acids is 4. The zero-order valence-corrected chi connectivity index (χ0v) is 33.9. The highest BCUT2D eigenvalue weighted by molar-refractivity contribution is 8.00. The van der Waals surface area contributed by atoms with Crippen LogP contribution in [0.2, 0.25) is 0 Å². The third kappa shape index (κ3) is 10.1. The summed E-state index contributed by atoms with van der Waals surface area (Å²) in [7, 11) is 3.05. The minimum Gasteiger partial charge on any atom is -0.497 e. The molecule has 1 aliphatic carbocycles. The lowest BCUT2D eigenvalue weighted by molar-refractivity contribution is -0.116. The molecule has 0 saturated carbocycles. The molecular weight excluding hydrogens is 759 g/mol. The van der Waals surface area contributed by atoms with E-state index in [4.69, 9.17) is 14.2 Å². The van der Waals surface area contributed by atoms with Crippen LogP contribution in [0.3, 0.4) is 0 Å². The summed E-state index contributed by atoms with van der Waals surface area (Å²) >= 11 is 2.81. The maximum absolute atomic E-state index is 13.9. The molecule has 1 heterocycles. The molecular formula is C45H45N3O7S2. The smallest absolute Gasteiger partial charge is 0.341 e. The molecule has 294 valence electrons. The lowest BCUT2D eigenvalue weighted by Crippen LogP contribution is -2.30. The van der Waals surface area contributed by atoms with E-state index in [1.54, 1.807) is 86.8 Å². The van der Waals surface area contributed by atoms with Gasteiger partial charge < -0.3 is 30.2 Å². The van der Waals surface area contributed by atoms with Crippen molar-refractivity contribution in [3.63, 3.8) is 0 Å². The number of thioether (sulfide) groups is 1. The van der Waals surface area contributed by atoms with Crippen LogP contribution >= 0.6 is 23.1 Å². The summed E-state index contributed by atoms with van der Waals surface area (Å²) in [4.78, 5) is 56.1. The van der Waals surface area contributed by atoms with Crippen molar-refractivity contribution in [3.05, 3.63) is 142 Å². The molecule has 57 heavy (non-hydrogen) atoms. The molecule has 2 atom stereocenters. The van der Waals surface area contributed by atoms with Gasteiger partial charge in [0.05, 0.1) is 31.6 Å². The Hall–Kier alpha value is -5.85. The fourth-order valence-corrected chi connectivity index (χ4v) is 8.99. The second-order valence-electron chi connectivity index (χ2n) is 13.3. The number of methoxy groups -OCH3 is 2. The predicted octanol–water partition coefficient (Wildman–Crippen LogP) is 9.13. The number of fused-ring (bicyclic) bond motifs is 1. The molecule has 12 heteroatoms. The molecule has 3 N–H and O–H groups in total. The molecule has 1 aromatic heterocycles. The molecule has 1 aliphatic rings. The first-order chi connectivity index (χ1) is 27.7. The van der Waals surface area contributed by atoms with Crippen molar-refractivity contribution in [2.75, 3.05) is 31.5 Å². The molecule has 0 saturated heterocycles. The van der Waals surface area contributed by atoms with Crippen LogP contribution in [-0.4, -0.2) is 49.8 Å². The van der Waals surface area contributed by atoms with E-state index in [0.29, 0.717) is 51.2 Å². The van der Waals surface area contributed by atoms with Crippen LogP contribution in [0.1, 0.15) is 74.9 Å². The normalized spacial score (nSPS) is 14.1. The van der Waals surface area contributed by atoms with Gasteiger partial charge in [0.15, 0.2) is 0 Å². The number of esters is 1. The Morgan fingerprint density at radius 1 is 0.877 bits per heavy atom. The number of hydrogen-bond acceptors (Lipinski definition) is 9. The van der Waals surface area contributed by atoms with Gasteiger partial charge in [0.25, 0.3) is 11.8 Å². The van der Waals surface area contributed by atoms with E-state index >= 15 is 0 Å². The number of thiophene rings is 1. The quantitative estimate of drug-likeness (QED) is 0.0543. The number of benzene rings is 4. The topological polar surface area (TPSA) is 132 Å². The summed E-state index contributed by atoms with van der Waals surface area (Å²) in [6.45, 7) is 3.94. The van der Waals surface area contributed by atoms with Crippen LogP contribution < -0.4 is 25.4 Å². The SMILES string of the molecule is CCOC(=O)c1c(NC(=O)C(CC)Sc2cccc(NC(=O)/C(=C\c3ccc(OC)cc3OC)NC(=O)c3ccccc3)c2)sc2c1CCC(c1ccccc1)C2. The minimum atomic E-state index is -0.563. The van der Waals surface area contributed by atoms with Gasteiger partial charge in [0.2, 0.25) is 5.91 Å². The van der Waals surface area contributed by atoms with Gasteiger partial charge in [0.1, 0.15) is 22.2 Å². The van der Waals surface area contributed by atoms with Crippen LogP contribution in [-0.2, 0) is 27.2 Å². The van der Waals surface area contributed by atoms with Gasteiger partial charge >= 0.3 is 5.97 Å². The average molecular weight is 804 g/mol. The fraction of sp³-hybridized carbons (Fsp3) is 0.244. The van der Waals surface area contributed by atoms with E-state index in [2.05, 4.69) is 28.1 Å². The fourth-order valence-electron chi connectivity index (χ4n) is 6.66. The number of nitrogens with one attached hydrogen (secondary N) is 3. The highest BCUT2D eigenvalue weighted by Crippen LogP contribution is 2.43. The standard InChI is InChI=1S/C45H45N3O7S2/c1-5-38(43(51)48-44-40(45(52)55-6-2)35-23-21-30(25-39(35)57-44)28-14-9-7-10-15-28)56-34-19-13-18-32(26-34)46-42(50)36(47-41(49)29-16-11-8-12-17-29)24-31-20-22-33(53-3)27-37(31)54-4/h7-20,22,24,26-27,30,38H,5-6,21,23,25H2,1-4H3,(H,46,50)(H,47,49)(H,48,51)/b36-24+. The molecule has 3 amide bonds. The van der Waals surface area contributed by atoms with E-state index in [-0.39, 0.29) is 18.2 Å². The molecule has 0 radical (unpaired) electrons. The molecule has 10 nitrogen and oxygen atoms in total. The molecule has 0 fully saturated rings. The molecule has 4 aromatic carbocycles. The van der Waals surface area contributed by atoms with Crippen LogP contribution in [0.5, 0.6) is 11.5 Å². The van der Waals surface area contributed by atoms with Gasteiger partial charge in [-0.1, -0.05) is 61.5 Å². The summed E-state index contributed by atoms with van der Waals surface area (Å²) in [5.74, 6) is -0.327. The number of hydrogen-bond donors (Lipinski definition) is 3. The Kier molecular flexibility index (Phi) is 13.8. The lowest BCUT2D eigenvalue weighted by Gasteiger charge is -2.23. The summed E-state index contributed by atoms with van der Waals surface area (Å²) in [6.07, 6.45) is 4.46. The minimum absolute atomic E-state index is 0.0117. The highest BCUT2D eigenvalue weighted by Gasteiger charge is 2.32. The summed E-state index contributed by atoms with van der Waals surface area (Å²) in [5.41, 5.74) is 4.07. The van der Waals surface area contributed by atoms with E-state index in [1.807, 2.05) is 31.2 Å². The maximum Gasteiger partial charge on any atom is 0.341 e. The molecule has 0 bridgehead atoms. The first-order valence-corrected chi connectivity index (χ1v) is 20.5. The molecule has 0 aliphatic heterocycles. The monoisotopic (exact) mass is 803 g/mol. The van der Waals surface area contributed by atoms with Crippen molar-refractivity contribution in [2.24, 2.45) is 0 Å². The molecule has 5 aromatic rings. The lowest BCUT2D eigenvalue weighted by atomic mass is 9.83. The van der Waals surface area contributed by atoms with Crippen LogP contribution in [0.15, 0.2) is 114 Å². The van der Waals surface area contributed by atoms with Crippen LogP contribution in [0, 0.1) is 0 Å². The van der Waals surface area contributed by atoms with Crippen molar-refractivity contribution >= 4 is 63.6 Å². The first kappa shape index (κ1) is 40.8. The molecule has 2 unspecified atom stereocenters. The largest absolute Gasteiger partial charge is 0.497 e. The first-order valence-electron chi connectivity index (χ1n) is 18.8. The van der Waals surface area contributed by atoms with E-state index in [1.165, 1.54) is 35.8 Å². The maximum atomic E-state index is 13.9. The van der Waals surface area contributed by atoms with Gasteiger partial charge in [-0.15, -0.1) is 23.1 Å². The zero-order chi connectivity index (χ0) is 40.3. The summed E-state index contributed by atoms with van der Waals surface area (Å²) in [5, 5.41) is 8.76. The van der Waals surface area contributed by atoms with Crippen LogP contribution in [0.25, 0.3) is 6.08 Å². The van der Waals surface area contributed by atoms with Crippen molar-refractivity contribution in [3.8, 4) is 11.5 Å². The van der Waals surface area contributed by atoms with Crippen molar-refractivity contribution in [1.82, 2.24) is 5.32 Å². The number of ether oxygens (including phenoxy) is 3. The van der Waals surface area contributed by atoms with E-state index in [0.717, 1.165) is 34.6 Å². The second kappa shape index (κ2) is 19.3. The highest BCUT2D eigenvalue weighted by atomic mass is 32.2. The number of carbonyl (C=O) groups is 4. The summed E-state index contributed by atoms with van der Waals surface area (Å²) < 4.78 is 16.3. The van der Waals surface area contributed by atoms with Crippen LogP contribution in [0.4, 0.5) is 10.7 Å². The number of rotatable bonds is 15. The second-order valence-corrected chi connectivity index (χ2v) is 15.6. The van der Waals surface area contributed by atoms with Gasteiger partial charge in [-0.05, 0) is 98.2 Å². The third-order valence-corrected chi connectivity index (χ3v) is 12.1. The van der Waals surface area contributed by atoms with Gasteiger partial charge in [-0.25, -0.2) is 4.79 Å². The molecule has 6 rings (SSSR count). The predicted molar refractivity (Wildman–Crippen MR) is 227 cm³/mol. The number of amides is 3. The van der Waals surface area contributed by atoms with Crippen molar-refractivity contribution in [1.29, 1.82) is 0 Å². The average Bonchev–Trinajstić information content (AvgIpc) is 3.60. The van der Waals surface area contributed by atoms with E-state index < -0.39 is 23.0 Å².